The predicted octanol–water partition coefficient (Wildman–Crippen LogP) is 0.682. The van der Waals surface area contributed by atoms with E-state index >= 15 is 0 Å². The lowest BCUT2D eigenvalue weighted by Crippen LogP contribution is -2.38. The summed E-state index contributed by atoms with van der Waals surface area (Å²) in [7, 11) is 0. The van der Waals surface area contributed by atoms with Crippen LogP contribution in [0, 0.1) is 0 Å². The van der Waals surface area contributed by atoms with Gasteiger partial charge in [0.1, 0.15) is 5.15 Å². The Bertz CT molecular complexity index is 392. The Morgan fingerprint density at radius 3 is 2.62 bits per heavy atom. The van der Waals surface area contributed by atoms with E-state index in [2.05, 4.69) is 4.98 Å². The summed E-state index contributed by atoms with van der Waals surface area (Å²) >= 11 is 5.60. The van der Waals surface area contributed by atoms with Crippen LogP contribution in [-0.4, -0.2) is 34.8 Å². The third-order valence-corrected chi connectivity index (χ3v) is 2.18. The molecule has 0 aliphatic carbocycles. The first kappa shape index (κ1) is 12.6. The molecule has 0 fully saturated rings. The van der Waals surface area contributed by atoms with Crippen LogP contribution in [0.15, 0.2) is 18.3 Å². The van der Waals surface area contributed by atoms with Gasteiger partial charge in [0, 0.05) is 26.2 Å². The summed E-state index contributed by atoms with van der Waals surface area (Å²) in [6.45, 7) is 1.74. The van der Waals surface area contributed by atoms with E-state index < -0.39 is 5.91 Å². The fraction of sp³-hybridized carbons (Fsp3) is 0.300. The summed E-state index contributed by atoms with van der Waals surface area (Å²) in [5.41, 5.74) is 5.64. The molecule has 0 unspecified atom stereocenters. The van der Waals surface area contributed by atoms with Crippen LogP contribution in [0.25, 0.3) is 0 Å². The van der Waals surface area contributed by atoms with E-state index in [0.717, 1.165) is 4.90 Å². The molecule has 5 nitrogen and oxygen atoms in total. The van der Waals surface area contributed by atoms with E-state index in [1.54, 1.807) is 0 Å². The quantitative estimate of drug-likeness (QED) is 0.790. The molecule has 0 aromatic carbocycles. The summed E-state index contributed by atoms with van der Waals surface area (Å²) in [5, 5.41) is 0.296. The van der Waals surface area contributed by atoms with E-state index in [1.165, 1.54) is 25.3 Å². The first-order valence-electron chi connectivity index (χ1n) is 4.70. The highest BCUT2D eigenvalue weighted by Gasteiger charge is 2.18. The molecule has 0 aliphatic rings. The molecule has 0 bridgehead atoms. The Morgan fingerprint density at radius 2 is 2.19 bits per heavy atom. The minimum Gasteiger partial charge on any atom is -0.329 e. The summed E-state index contributed by atoms with van der Waals surface area (Å²) in [6.07, 6.45) is 1.33. The van der Waals surface area contributed by atoms with Crippen molar-refractivity contribution in [2.45, 2.75) is 6.92 Å². The molecule has 1 heterocycles. The second-order valence-electron chi connectivity index (χ2n) is 3.13. The Kier molecular flexibility index (Phi) is 4.39. The van der Waals surface area contributed by atoms with Crippen LogP contribution in [0.5, 0.6) is 0 Å². The fourth-order valence-corrected chi connectivity index (χ4v) is 1.30. The smallest absolute Gasteiger partial charge is 0.262 e. The van der Waals surface area contributed by atoms with Crippen molar-refractivity contribution >= 4 is 23.4 Å². The topological polar surface area (TPSA) is 76.3 Å². The van der Waals surface area contributed by atoms with Gasteiger partial charge >= 0.3 is 0 Å². The monoisotopic (exact) mass is 241 g/mol. The number of imide groups is 1. The van der Waals surface area contributed by atoms with Crippen molar-refractivity contribution in [3.05, 3.63) is 29.0 Å². The van der Waals surface area contributed by atoms with E-state index in [9.17, 15) is 9.59 Å². The van der Waals surface area contributed by atoms with Gasteiger partial charge in [-0.15, -0.1) is 0 Å². The van der Waals surface area contributed by atoms with Crippen LogP contribution in [0.4, 0.5) is 0 Å². The number of halogens is 1. The highest BCUT2D eigenvalue weighted by atomic mass is 35.5. The van der Waals surface area contributed by atoms with Crippen LogP contribution >= 0.6 is 11.6 Å². The van der Waals surface area contributed by atoms with E-state index in [0.29, 0.717) is 10.7 Å². The van der Waals surface area contributed by atoms with Crippen molar-refractivity contribution in [1.29, 1.82) is 0 Å². The Hall–Kier alpha value is -1.46. The van der Waals surface area contributed by atoms with Gasteiger partial charge in [0.25, 0.3) is 5.91 Å². The van der Waals surface area contributed by atoms with Crippen molar-refractivity contribution in [1.82, 2.24) is 9.88 Å². The third-order valence-electron chi connectivity index (χ3n) is 1.95. The van der Waals surface area contributed by atoms with Gasteiger partial charge in [0.2, 0.25) is 5.91 Å². The molecular weight excluding hydrogens is 230 g/mol. The minimum absolute atomic E-state index is 0.191. The fourth-order valence-electron chi connectivity index (χ4n) is 1.19. The zero-order chi connectivity index (χ0) is 12.1. The second kappa shape index (κ2) is 5.58. The van der Waals surface area contributed by atoms with Crippen LogP contribution in [-0.2, 0) is 4.79 Å². The maximum atomic E-state index is 11.9. The molecule has 86 valence electrons. The van der Waals surface area contributed by atoms with Crippen molar-refractivity contribution < 1.29 is 9.59 Å². The molecule has 0 saturated heterocycles. The zero-order valence-electron chi connectivity index (χ0n) is 8.81. The van der Waals surface area contributed by atoms with Gasteiger partial charge in [-0.1, -0.05) is 11.6 Å². The molecular formula is C10H12ClN3O2. The second-order valence-corrected chi connectivity index (χ2v) is 3.52. The average Bonchev–Trinajstić information content (AvgIpc) is 2.25. The SMILES string of the molecule is CC(=O)N(CCN)C(=O)c1ccc(Cl)nc1. The number of nitrogens with zero attached hydrogens (tertiary/aromatic N) is 2. The highest BCUT2D eigenvalue weighted by Crippen LogP contribution is 2.08. The van der Waals surface area contributed by atoms with Crippen LogP contribution in [0.2, 0.25) is 5.15 Å². The standard InChI is InChI=1S/C10H12ClN3O2/c1-7(15)14(5-4-12)10(16)8-2-3-9(11)13-6-8/h2-3,6H,4-5,12H2,1H3. The number of hydrogen-bond acceptors (Lipinski definition) is 4. The molecule has 0 atom stereocenters. The van der Waals surface area contributed by atoms with Crippen LogP contribution in [0.1, 0.15) is 17.3 Å². The summed E-state index contributed by atoms with van der Waals surface area (Å²) in [5.74, 6) is -0.757. The van der Waals surface area contributed by atoms with E-state index in [4.69, 9.17) is 17.3 Å². The number of pyridine rings is 1. The minimum atomic E-state index is -0.415. The summed E-state index contributed by atoms with van der Waals surface area (Å²) in [4.78, 5) is 27.9. The first-order chi connectivity index (χ1) is 7.56. The number of carbonyl (C=O) groups is 2. The maximum absolute atomic E-state index is 11.9. The lowest BCUT2D eigenvalue weighted by atomic mass is 10.2. The number of amides is 2. The predicted molar refractivity (Wildman–Crippen MR) is 60.0 cm³/mol. The molecule has 1 rings (SSSR count). The van der Waals surface area contributed by atoms with E-state index in [-0.39, 0.29) is 19.0 Å². The van der Waals surface area contributed by atoms with E-state index in [1.807, 2.05) is 0 Å². The molecule has 0 saturated carbocycles. The van der Waals surface area contributed by atoms with Gasteiger partial charge < -0.3 is 5.73 Å². The number of carbonyl (C=O) groups excluding carboxylic acids is 2. The van der Waals surface area contributed by atoms with Gasteiger partial charge in [-0.2, -0.15) is 0 Å². The molecule has 6 heteroatoms. The molecule has 1 aromatic heterocycles. The molecule has 16 heavy (non-hydrogen) atoms. The molecule has 0 aliphatic heterocycles. The number of aromatic nitrogens is 1. The largest absolute Gasteiger partial charge is 0.329 e. The summed E-state index contributed by atoms with van der Waals surface area (Å²) in [6, 6.07) is 3.01. The molecule has 2 amide bonds. The van der Waals surface area contributed by atoms with Gasteiger partial charge in [0.05, 0.1) is 5.56 Å². The lowest BCUT2D eigenvalue weighted by molar-refractivity contribution is -0.126. The number of rotatable bonds is 3. The third kappa shape index (κ3) is 3.01. The molecule has 0 radical (unpaired) electrons. The van der Waals surface area contributed by atoms with Crippen molar-refractivity contribution in [3.63, 3.8) is 0 Å². The van der Waals surface area contributed by atoms with Crippen molar-refractivity contribution in [3.8, 4) is 0 Å². The number of nitrogens with two attached hydrogens (primary N) is 1. The Balaban J connectivity index is 2.90. The molecule has 1 aromatic rings. The Morgan fingerprint density at radius 1 is 1.50 bits per heavy atom. The normalized spacial score (nSPS) is 9.94. The van der Waals surface area contributed by atoms with Crippen molar-refractivity contribution in [2.75, 3.05) is 13.1 Å². The molecule has 2 N–H and O–H groups in total. The van der Waals surface area contributed by atoms with Crippen molar-refractivity contribution in [2.24, 2.45) is 5.73 Å². The summed E-state index contributed by atoms with van der Waals surface area (Å²) < 4.78 is 0. The van der Waals surface area contributed by atoms with Gasteiger partial charge in [-0.3, -0.25) is 14.5 Å². The molecule has 0 spiro atoms. The van der Waals surface area contributed by atoms with Crippen LogP contribution in [0.3, 0.4) is 0 Å². The van der Waals surface area contributed by atoms with Gasteiger partial charge in [0.15, 0.2) is 0 Å². The first-order valence-corrected chi connectivity index (χ1v) is 5.08. The maximum Gasteiger partial charge on any atom is 0.262 e. The highest BCUT2D eigenvalue weighted by molar-refractivity contribution is 6.29. The van der Waals surface area contributed by atoms with Crippen LogP contribution < -0.4 is 5.73 Å². The number of hydrogen-bond donors (Lipinski definition) is 1. The average molecular weight is 242 g/mol. The van der Waals surface area contributed by atoms with Gasteiger partial charge in [-0.05, 0) is 12.1 Å². The lowest BCUT2D eigenvalue weighted by Gasteiger charge is -2.17. The van der Waals surface area contributed by atoms with Gasteiger partial charge in [-0.25, -0.2) is 4.98 Å². The Labute approximate surface area is 98.2 Å². The zero-order valence-corrected chi connectivity index (χ0v) is 9.57.